The first-order valence-electron chi connectivity index (χ1n) is 17.4. The van der Waals surface area contributed by atoms with Crippen LogP contribution in [-0.4, -0.2) is 79.7 Å². The number of sulfonamides is 1. The molecule has 4 atom stereocenters. The first kappa shape index (κ1) is 32.2. The van der Waals surface area contributed by atoms with E-state index in [0.717, 1.165) is 72.2 Å². The van der Waals surface area contributed by atoms with Gasteiger partial charge in [0.15, 0.2) is 0 Å². The number of piperazine rings is 1. The maximum atomic E-state index is 15.1. The Labute approximate surface area is 278 Å². The van der Waals surface area contributed by atoms with Crippen LogP contribution in [0.1, 0.15) is 99.0 Å². The number of hydrogen-bond donors (Lipinski definition) is 1. The molecule has 10 heteroatoms. The van der Waals surface area contributed by atoms with Crippen LogP contribution >= 0.6 is 0 Å². The molecule has 0 radical (unpaired) electrons. The number of nitrogens with zero attached hydrogens (tertiary/aromatic N) is 3. The lowest BCUT2D eigenvalue weighted by molar-refractivity contribution is -0.149. The second kappa shape index (κ2) is 11.9. The lowest BCUT2D eigenvalue weighted by Crippen LogP contribution is -2.59. The quantitative estimate of drug-likeness (QED) is 0.355. The number of rotatable bonds is 6. The Kier molecular flexibility index (Phi) is 8.18. The number of hydrogen-bond acceptors (Lipinski definition) is 6. The number of amides is 2. The number of methoxy groups -OCH3 is 1. The van der Waals surface area contributed by atoms with E-state index in [2.05, 4.69) is 52.1 Å². The molecule has 4 heterocycles. The zero-order chi connectivity index (χ0) is 33.2. The van der Waals surface area contributed by atoms with Crippen molar-refractivity contribution < 1.29 is 22.7 Å². The predicted molar refractivity (Wildman–Crippen MR) is 184 cm³/mol. The van der Waals surface area contributed by atoms with E-state index in [4.69, 9.17) is 4.74 Å². The van der Waals surface area contributed by atoms with Gasteiger partial charge in [-0.15, -0.1) is 0 Å². The van der Waals surface area contributed by atoms with Crippen LogP contribution in [0.25, 0.3) is 22.2 Å². The summed E-state index contributed by atoms with van der Waals surface area (Å²) in [6.45, 7) is 8.07. The number of nitrogens with one attached hydrogen (secondary N) is 1. The number of likely N-dealkylation sites (tertiary alicyclic amines) is 1. The highest BCUT2D eigenvalue weighted by Crippen LogP contribution is 2.53. The standard InChI is InChI=1S/C37H48N4O5S/c1-6-47(44,45)38-35(42)25-12-16-30-32(18-25)40-22-37(3,36(43)41-26-13-14-27(41)21-39(4)20-26)23(2)31-19-28(46-5)15-17-29(31)34(40)33(30)24-10-8-7-9-11-24/h12,15-19,23-24,26-27H,6-11,13-14,20-22H2,1-5H3,(H,38,42). The van der Waals surface area contributed by atoms with Gasteiger partial charge in [0.2, 0.25) is 15.9 Å². The van der Waals surface area contributed by atoms with Crippen molar-refractivity contribution in [2.45, 2.75) is 96.2 Å². The zero-order valence-corrected chi connectivity index (χ0v) is 29.2. The largest absolute Gasteiger partial charge is 0.497 e. The minimum Gasteiger partial charge on any atom is -0.497 e. The Hall–Kier alpha value is -3.37. The third kappa shape index (κ3) is 5.36. The molecular weight excluding hydrogens is 612 g/mol. The molecule has 1 aromatic heterocycles. The molecule has 3 aromatic rings. The summed E-state index contributed by atoms with van der Waals surface area (Å²) in [4.78, 5) is 33.0. The van der Waals surface area contributed by atoms with Crippen molar-refractivity contribution in [1.82, 2.24) is 19.1 Å². The van der Waals surface area contributed by atoms with Crippen molar-refractivity contribution in [3.8, 4) is 17.0 Å². The highest BCUT2D eigenvalue weighted by atomic mass is 32.2. The normalized spacial score (nSPS) is 26.5. The Morgan fingerprint density at radius 2 is 1.70 bits per heavy atom. The smallest absolute Gasteiger partial charge is 0.264 e. The van der Waals surface area contributed by atoms with E-state index in [0.29, 0.717) is 18.0 Å². The van der Waals surface area contributed by atoms with Gasteiger partial charge >= 0.3 is 0 Å². The molecule has 2 saturated heterocycles. The summed E-state index contributed by atoms with van der Waals surface area (Å²) in [5, 5.41) is 1.08. The SMILES string of the molecule is CCS(=O)(=O)NC(=O)c1ccc2c(C3CCCCC3)c3n(c2c1)CC(C)(C(=O)N1C2CCC1CN(C)C2)C(C)c1cc(OC)ccc1-3. The molecule has 2 aromatic carbocycles. The van der Waals surface area contributed by atoms with Crippen LogP contribution in [0, 0.1) is 5.41 Å². The van der Waals surface area contributed by atoms with Crippen LogP contribution in [0.15, 0.2) is 36.4 Å². The van der Waals surface area contributed by atoms with Crippen LogP contribution in [-0.2, 0) is 21.4 Å². The number of benzene rings is 2. The number of carbonyl (C=O) groups excluding carboxylic acids is 2. The highest BCUT2D eigenvalue weighted by Gasteiger charge is 2.52. The first-order chi connectivity index (χ1) is 22.5. The molecule has 1 saturated carbocycles. The van der Waals surface area contributed by atoms with Crippen LogP contribution in [0.3, 0.4) is 0 Å². The Morgan fingerprint density at radius 1 is 1.00 bits per heavy atom. The molecule has 7 rings (SSSR count). The molecule has 1 N–H and O–H groups in total. The van der Waals surface area contributed by atoms with E-state index in [9.17, 15) is 13.2 Å². The zero-order valence-electron chi connectivity index (χ0n) is 28.3. The monoisotopic (exact) mass is 660 g/mol. The van der Waals surface area contributed by atoms with E-state index in [1.54, 1.807) is 13.2 Å². The molecule has 4 unspecified atom stereocenters. The third-order valence-corrected chi connectivity index (χ3v) is 13.1. The van der Waals surface area contributed by atoms with Crippen LogP contribution < -0.4 is 9.46 Å². The van der Waals surface area contributed by atoms with Crippen molar-refractivity contribution in [2.24, 2.45) is 5.41 Å². The summed E-state index contributed by atoms with van der Waals surface area (Å²) in [6.07, 6.45) is 7.79. The fourth-order valence-electron chi connectivity index (χ4n) is 9.09. The summed E-state index contributed by atoms with van der Waals surface area (Å²) >= 11 is 0. The average Bonchev–Trinajstić information content (AvgIpc) is 3.50. The van der Waals surface area contributed by atoms with Gasteiger partial charge in [-0.25, -0.2) is 13.1 Å². The molecule has 1 aliphatic carbocycles. The summed E-state index contributed by atoms with van der Waals surface area (Å²) in [6, 6.07) is 12.3. The van der Waals surface area contributed by atoms with Gasteiger partial charge in [0.05, 0.1) is 24.0 Å². The number of fused-ring (bicyclic) bond motifs is 7. The van der Waals surface area contributed by atoms with Crippen LogP contribution in [0.2, 0.25) is 0 Å². The van der Waals surface area contributed by atoms with E-state index in [1.807, 2.05) is 18.2 Å². The number of likely N-dealkylation sites (N-methyl/N-ethyl adjacent to an activating group) is 1. The van der Waals surface area contributed by atoms with E-state index >= 15 is 4.79 Å². The molecule has 0 spiro atoms. The van der Waals surface area contributed by atoms with Crippen molar-refractivity contribution in [2.75, 3.05) is 33.0 Å². The molecule has 2 bridgehead atoms. The van der Waals surface area contributed by atoms with Gasteiger partial charge in [-0.2, -0.15) is 0 Å². The molecule has 47 heavy (non-hydrogen) atoms. The minimum atomic E-state index is -3.73. The highest BCUT2D eigenvalue weighted by molar-refractivity contribution is 7.90. The van der Waals surface area contributed by atoms with Crippen molar-refractivity contribution in [1.29, 1.82) is 0 Å². The maximum absolute atomic E-state index is 15.1. The van der Waals surface area contributed by atoms with Crippen LogP contribution in [0.4, 0.5) is 0 Å². The Bertz CT molecular complexity index is 1830. The van der Waals surface area contributed by atoms with Crippen LogP contribution in [0.5, 0.6) is 5.75 Å². The predicted octanol–water partition coefficient (Wildman–Crippen LogP) is 5.87. The second-order valence-corrected chi connectivity index (χ2v) is 16.7. The second-order valence-electron chi connectivity index (χ2n) is 14.7. The molecule has 2 amide bonds. The fraction of sp³-hybridized carbons (Fsp3) is 0.568. The molecule has 3 fully saturated rings. The molecular formula is C37H48N4O5S. The molecule has 4 aliphatic rings. The fourth-order valence-corrected chi connectivity index (χ4v) is 9.64. The summed E-state index contributed by atoms with van der Waals surface area (Å²) in [5.41, 5.74) is 4.99. The van der Waals surface area contributed by atoms with E-state index in [-0.39, 0.29) is 29.7 Å². The lowest BCUT2D eigenvalue weighted by atomic mass is 9.72. The summed E-state index contributed by atoms with van der Waals surface area (Å²) < 4.78 is 35.0. The Balaban J connectivity index is 1.46. The molecule has 252 valence electrons. The van der Waals surface area contributed by atoms with Gasteiger partial charge in [0.25, 0.3) is 5.91 Å². The van der Waals surface area contributed by atoms with E-state index < -0.39 is 21.3 Å². The van der Waals surface area contributed by atoms with Crippen molar-refractivity contribution in [3.63, 3.8) is 0 Å². The number of aromatic nitrogens is 1. The lowest BCUT2D eigenvalue weighted by Gasteiger charge is -2.45. The molecule has 3 aliphatic heterocycles. The van der Waals surface area contributed by atoms with Crippen molar-refractivity contribution >= 4 is 32.7 Å². The Morgan fingerprint density at radius 3 is 2.36 bits per heavy atom. The number of carbonyl (C=O) groups is 2. The van der Waals surface area contributed by atoms with Gasteiger partial charge in [-0.1, -0.05) is 32.3 Å². The van der Waals surface area contributed by atoms with E-state index in [1.165, 1.54) is 31.7 Å². The minimum absolute atomic E-state index is 0.116. The van der Waals surface area contributed by atoms with Gasteiger partial charge in [0.1, 0.15) is 5.75 Å². The van der Waals surface area contributed by atoms with Gasteiger partial charge < -0.3 is 19.1 Å². The van der Waals surface area contributed by atoms with Gasteiger partial charge in [-0.05, 0) is 99.9 Å². The summed E-state index contributed by atoms with van der Waals surface area (Å²) in [7, 11) is 0.103. The maximum Gasteiger partial charge on any atom is 0.264 e. The third-order valence-electron chi connectivity index (χ3n) is 11.8. The first-order valence-corrected chi connectivity index (χ1v) is 19.0. The number of ether oxygens (including phenoxy) is 1. The molecule has 9 nitrogen and oxygen atoms in total. The average molecular weight is 661 g/mol. The van der Waals surface area contributed by atoms with Gasteiger partial charge in [0, 0.05) is 53.7 Å². The van der Waals surface area contributed by atoms with Crippen molar-refractivity contribution in [3.05, 3.63) is 53.1 Å². The van der Waals surface area contributed by atoms with Gasteiger partial charge in [-0.3, -0.25) is 9.59 Å². The topological polar surface area (TPSA) is 101 Å². The summed E-state index contributed by atoms with van der Waals surface area (Å²) in [5.74, 6) is 0.376.